The van der Waals surface area contributed by atoms with Crippen LogP contribution in [0.2, 0.25) is 0 Å². The minimum absolute atomic E-state index is 0.145. The van der Waals surface area contributed by atoms with Crippen molar-refractivity contribution in [3.63, 3.8) is 0 Å². The average Bonchev–Trinajstić information content (AvgIpc) is 3.27. The zero-order chi connectivity index (χ0) is 14.7. The second kappa shape index (κ2) is 6.86. The van der Waals surface area contributed by atoms with Gasteiger partial charge in [-0.3, -0.25) is 0 Å². The molecule has 1 aromatic rings. The van der Waals surface area contributed by atoms with E-state index >= 15 is 0 Å². The molecule has 0 bridgehead atoms. The number of hydrogen-bond acceptors (Lipinski definition) is 3. The lowest BCUT2D eigenvalue weighted by Gasteiger charge is -2.31. The van der Waals surface area contributed by atoms with Gasteiger partial charge in [-0.25, -0.2) is 4.39 Å². The van der Waals surface area contributed by atoms with Crippen molar-refractivity contribution in [1.29, 1.82) is 0 Å². The lowest BCUT2D eigenvalue weighted by molar-refractivity contribution is 0.186. The summed E-state index contributed by atoms with van der Waals surface area (Å²) < 4.78 is 12.9. The van der Waals surface area contributed by atoms with Crippen molar-refractivity contribution in [2.45, 2.75) is 31.2 Å². The Morgan fingerprint density at radius 1 is 1.19 bits per heavy atom. The molecule has 3 nitrogen and oxygen atoms in total. The van der Waals surface area contributed by atoms with E-state index in [1.165, 1.54) is 37.9 Å². The molecule has 3 N–H and O–H groups in total. The van der Waals surface area contributed by atoms with Gasteiger partial charge in [0, 0.05) is 25.0 Å². The van der Waals surface area contributed by atoms with Crippen LogP contribution < -0.4 is 11.1 Å². The van der Waals surface area contributed by atoms with Crippen LogP contribution in [0.5, 0.6) is 0 Å². The monoisotopic (exact) mass is 291 g/mol. The number of nitrogens with two attached hydrogens (primary N) is 1. The summed E-state index contributed by atoms with van der Waals surface area (Å²) in [5, 5.41) is 3.70. The summed E-state index contributed by atoms with van der Waals surface area (Å²) in [5.41, 5.74) is 6.87. The molecule has 2 unspecified atom stereocenters. The van der Waals surface area contributed by atoms with Gasteiger partial charge in [0.05, 0.1) is 0 Å². The quantitative estimate of drug-likeness (QED) is 0.841. The molecule has 2 atom stereocenters. The Kier molecular flexibility index (Phi) is 4.88. The first kappa shape index (κ1) is 14.9. The molecule has 1 heterocycles. The van der Waals surface area contributed by atoms with E-state index < -0.39 is 0 Å². The number of nitrogens with one attached hydrogen (secondary N) is 1. The molecule has 4 heteroatoms. The molecule has 1 aliphatic carbocycles. The minimum atomic E-state index is -0.145. The summed E-state index contributed by atoms with van der Waals surface area (Å²) in [6, 6.07) is 7.58. The topological polar surface area (TPSA) is 41.3 Å². The predicted molar refractivity (Wildman–Crippen MR) is 83.8 cm³/mol. The van der Waals surface area contributed by atoms with Gasteiger partial charge >= 0.3 is 0 Å². The smallest absolute Gasteiger partial charge is 0.123 e. The van der Waals surface area contributed by atoms with Gasteiger partial charge < -0.3 is 16.0 Å². The van der Waals surface area contributed by atoms with Crippen LogP contribution in [-0.4, -0.2) is 43.7 Å². The number of hydrogen-bond donors (Lipinski definition) is 2. The predicted octanol–water partition coefficient (Wildman–Crippen LogP) is 1.94. The number of piperidine rings is 1. The Hall–Kier alpha value is -0.970. The van der Waals surface area contributed by atoms with Crippen LogP contribution in [0.4, 0.5) is 4.39 Å². The van der Waals surface area contributed by atoms with Crippen molar-refractivity contribution in [2.75, 3.05) is 32.7 Å². The zero-order valence-corrected chi connectivity index (χ0v) is 12.6. The van der Waals surface area contributed by atoms with Gasteiger partial charge in [-0.1, -0.05) is 12.1 Å². The molecule has 1 saturated carbocycles. The lowest BCUT2D eigenvalue weighted by atomic mass is 9.96. The van der Waals surface area contributed by atoms with Crippen molar-refractivity contribution >= 4 is 0 Å². The second-order valence-electron chi connectivity index (χ2n) is 6.48. The van der Waals surface area contributed by atoms with E-state index in [2.05, 4.69) is 10.2 Å². The van der Waals surface area contributed by atoms with E-state index in [9.17, 15) is 4.39 Å². The third-order valence-corrected chi connectivity index (χ3v) is 4.91. The molecule has 3 rings (SSSR count). The first-order valence-corrected chi connectivity index (χ1v) is 8.17. The molecular weight excluding hydrogens is 265 g/mol. The van der Waals surface area contributed by atoms with Crippen LogP contribution in [0.25, 0.3) is 0 Å². The molecule has 1 aliphatic heterocycles. The van der Waals surface area contributed by atoms with E-state index in [0.29, 0.717) is 12.0 Å². The number of rotatable bonds is 6. The van der Waals surface area contributed by atoms with E-state index in [4.69, 9.17) is 5.73 Å². The van der Waals surface area contributed by atoms with Crippen LogP contribution >= 0.6 is 0 Å². The summed E-state index contributed by atoms with van der Waals surface area (Å²) in [7, 11) is 0. The maximum absolute atomic E-state index is 12.9. The van der Waals surface area contributed by atoms with Crippen molar-refractivity contribution < 1.29 is 4.39 Å². The SMILES string of the molecule is NCCN1CCC(CNC2CC2c2ccc(F)cc2)CC1. The zero-order valence-electron chi connectivity index (χ0n) is 12.6. The molecule has 0 amide bonds. The third-order valence-electron chi connectivity index (χ3n) is 4.91. The number of halogens is 1. The molecule has 21 heavy (non-hydrogen) atoms. The maximum Gasteiger partial charge on any atom is 0.123 e. The highest BCUT2D eigenvalue weighted by atomic mass is 19.1. The van der Waals surface area contributed by atoms with Crippen LogP contribution in [0, 0.1) is 11.7 Å². The van der Waals surface area contributed by atoms with Crippen molar-refractivity contribution in [3.8, 4) is 0 Å². The fourth-order valence-electron chi connectivity index (χ4n) is 3.41. The molecular formula is C17H26FN3. The largest absolute Gasteiger partial charge is 0.329 e. The number of likely N-dealkylation sites (tertiary alicyclic amines) is 1. The Balaban J connectivity index is 1.37. The summed E-state index contributed by atoms with van der Waals surface area (Å²) in [5.74, 6) is 1.24. The first-order valence-electron chi connectivity index (χ1n) is 8.17. The van der Waals surface area contributed by atoms with E-state index in [1.807, 2.05) is 12.1 Å². The van der Waals surface area contributed by atoms with E-state index in [1.54, 1.807) is 12.1 Å². The van der Waals surface area contributed by atoms with Crippen molar-refractivity contribution in [3.05, 3.63) is 35.6 Å². The lowest BCUT2D eigenvalue weighted by Crippen LogP contribution is -2.40. The van der Waals surface area contributed by atoms with E-state index in [0.717, 1.165) is 25.6 Å². The number of nitrogens with zero attached hydrogens (tertiary/aromatic N) is 1. The molecule has 0 spiro atoms. The molecule has 116 valence electrons. The second-order valence-corrected chi connectivity index (χ2v) is 6.48. The molecule has 2 fully saturated rings. The van der Waals surface area contributed by atoms with Gasteiger partial charge in [-0.15, -0.1) is 0 Å². The summed E-state index contributed by atoms with van der Waals surface area (Å²) in [4.78, 5) is 2.47. The van der Waals surface area contributed by atoms with Gasteiger partial charge in [0.25, 0.3) is 0 Å². The highest BCUT2D eigenvalue weighted by Gasteiger charge is 2.38. The highest BCUT2D eigenvalue weighted by molar-refractivity contribution is 5.28. The van der Waals surface area contributed by atoms with Crippen molar-refractivity contribution in [1.82, 2.24) is 10.2 Å². The Morgan fingerprint density at radius 3 is 2.57 bits per heavy atom. The Bertz CT molecular complexity index is 440. The fraction of sp³-hybridized carbons (Fsp3) is 0.647. The van der Waals surface area contributed by atoms with Crippen LogP contribution in [-0.2, 0) is 0 Å². The Labute approximate surface area is 126 Å². The molecule has 1 aromatic carbocycles. The molecule has 0 aromatic heterocycles. The fourth-order valence-corrected chi connectivity index (χ4v) is 3.41. The molecule has 0 radical (unpaired) electrons. The van der Waals surface area contributed by atoms with Crippen LogP contribution in [0.1, 0.15) is 30.7 Å². The van der Waals surface area contributed by atoms with Gasteiger partial charge in [-0.2, -0.15) is 0 Å². The van der Waals surface area contributed by atoms with Gasteiger partial charge in [0.15, 0.2) is 0 Å². The Morgan fingerprint density at radius 2 is 1.90 bits per heavy atom. The normalized spacial score (nSPS) is 27.0. The standard InChI is InChI=1S/C17H26FN3/c18-15-3-1-14(2-4-15)16-11-17(16)20-12-13-5-8-21(9-6-13)10-7-19/h1-4,13,16-17,20H,5-12,19H2. The molecule has 1 saturated heterocycles. The first-order chi connectivity index (χ1) is 10.3. The van der Waals surface area contributed by atoms with Crippen molar-refractivity contribution in [2.24, 2.45) is 11.7 Å². The minimum Gasteiger partial charge on any atom is -0.329 e. The maximum atomic E-state index is 12.9. The third kappa shape index (κ3) is 4.02. The average molecular weight is 291 g/mol. The van der Waals surface area contributed by atoms with E-state index in [-0.39, 0.29) is 5.82 Å². The number of benzene rings is 1. The van der Waals surface area contributed by atoms with Gasteiger partial charge in [0.1, 0.15) is 5.82 Å². The van der Waals surface area contributed by atoms with Crippen LogP contribution in [0.3, 0.4) is 0 Å². The molecule has 2 aliphatic rings. The van der Waals surface area contributed by atoms with Gasteiger partial charge in [-0.05, 0) is 62.5 Å². The summed E-state index contributed by atoms with van der Waals surface area (Å²) >= 11 is 0. The van der Waals surface area contributed by atoms with Crippen LogP contribution in [0.15, 0.2) is 24.3 Å². The van der Waals surface area contributed by atoms with Gasteiger partial charge in [0.2, 0.25) is 0 Å². The summed E-state index contributed by atoms with van der Waals surface area (Å²) in [6.45, 7) is 5.31. The summed E-state index contributed by atoms with van der Waals surface area (Å²) in [6.07, 6.45) is 3.75. The highest BCUT2D eigenvalue weighted by Crippen LogP contribution is 2.40.